The molecule has 1 heterocycles. The van der Waals surface area contributed by atoms with Crippen LogP contribution < -0.4 is 11.1 Å². The van der Waals surface area contributed by atoms with Gasteiger partial charge in [0.25, 0.3) is 5.91 Å². The van der Waals surface area contributed by atoms with Gasteiger partial charge in [0, 0.05) is 6.54 Å². The minimum Gasteiger partial charge on any atom is -0.382 e. The number of ether oxygens (including phenoxy) is 1. The van der Waals surface area contributed by atoms with E-state index in [1.165, 1.54) is 12.4 Å². The summed E-state index contributed by atoms with van der Waals surface area (Å²) in [6, 6.07) is 0. The highest BCUT2D eigenvalue weighted by molar-refractivity contribution is 5.92. The van der Waals surface area contributed by atoms with Gasteiger partial charge in [0.1, 0.15) is 11.5 Å². The van der Waals surface area contributed by atoms with E-state index in [9.17, 15) is 4.79 Å². The van der Waals surface area contributed by atoms with Crippen LogP contribution in [-0.4, -0.2) is 35.1 Å². The summed E-state index contributed by atoms with van der Waals surface area (Å²) in [5, 5.41) is 2.66. The highest BCUT2D eigenvalue weighted by Crippen LogP contribution is 1.96. The molecule has 1 aromatic heterocycles. The van der Waals surface area contributed by atoms with Gasteiger partial charge in [0.05, 0.1) is 25.1 Å². The predicted octanol–water partition coefficient (Wildman–Crippen LogP) is 0.214. The molecule has 0 aliphatic carbocycles. The van der Waals surface area contributed by atoms with E-state index in [1.807, 2.05) is 13.8 Å². The second-order valence-corrected chi connectivity index (χ2v) is 3.50. The van der Waals surface area contributed by atoms with Gasteiger partial charge in [-0.2, -0.15) is 0 Å². The summed E-state index contributed by atoms with van der Waals surface area (Å²) >= 11 is 0. The fourth-order valence-electron chi connectivity index (χ4n) is 1.04. The van der Waals surface area contributed by atoms with Crippen molar-refractivity contribution in [3.05, 3.63) is 18.1 Å². The van der Waals surface area contributed by atoms with Crippen molar-refractivity contribution in [2.45, 2.75) is 20.0 Å². The Morgan fingerprint density at radius 3 is 2.94 bits per heavy atom. The summed E-state index contributed by atoms with van der Waals surface area (Å²) in [6.07, 6.45) is 2.91. The van der Waals surface area contributed by atoms with Crippen LogP contribution >= 0.6 is 0 Å². The summed E-state index contributed by atoms with van der Waals surface area (Å²) in [5.74, 6) is -0.0711. The van der Waals surface area contributed by atoms with Crippen LogP contribution in [0.4, 0.5) is 5.82 Å². The summed E-state index contributed by atoms with van der Waals surface area (Å²) in [5.41, 5.74) is 5.63. The SMILES string of the molecule is CC(C)OCCNC(=O)c1cncc(N)n1. The first kappa shape index (κ1) is 12.4. The Hall–Kier alpha value is -1.69. The maximum Gasteiger partial charge on any atom is 0.271 e. The van der Waals surface area contributed by atoms with E-state index in [4.69, 9.17) is 10.5 Å². The van der Waals surface area contributed by atoms with Crippen LogP contribution in [0.1, 0.15) is 24.3 Å². The molecule has 0 saturated heterocycles. The van der Waals surface area contributed by atoms with E-state index in [2.05, 4.69) is 15.3 Å². The lowest BCUT2D eigenvalue weighted by atomic mass is 10.4. The van der Waals surface area contributed by atoms with Gasteiger partial charge in [-0.1, -0.05) is 0 Å². The summed E-state index contributed by atoms with van der Waals surface area (Å²) in [6.45, 7) is 4.78. The highest BCUT2D eigenvalue weighted by atomic mass is 16.5. The predicted molar refractivity (Wildman–Crippen MR) is 59.9 cm³/mol. The van der Waals surface area contributed by atoms with Gasteiger partial charge < -0.3 is 15.8 Å². The average molecular weight is 224 g/mol. The van der Waals surface area contributed by atoms with E-state index in [0.717, 1.165) is 0 Å². The van der Waals surface area contributed by atoms with Gasteiger partial charge in [0.15, 0.2) is 0 Å². The van der Waals surface area contributed by atoms with Gasteiger partial charge >= 0.3 is 0 Å². The number of amides is 1. The summed E-state index contributed by atoms with van der Waals surface area (Å²) in [4.78, 5) is 19.1. The number of rotatable bonds is 5. The molecule has 0 unspecified atom stereocenters. The quantitative estimate of drug-likeness (QED) is 0.698. The maximum atomic E-state index is 11.5. The van der Waals surface area contributed by atoms with Crippen molar-refractivity contribution in [2.75, 3.05) is 18.9 Å². The lowest BCUT2D eigenvalue weighted by molar-refractivity contribution is 0.0745. The lowest BCUT2D eigenvalue weighted by Gasteiger charge is -2.08. The number of hydrogen-bond acceptors (Lipinski definition) is 5. The molecule has 1 aromatic rings. The minimum atomic E-state index is -0.299. The second kappa shape index (κ2) is 6.02. The Bertz CT molecular complexity index is 354. The van der Waals surface area contributed by atoms with Gasteiger partial charge in [-0.25, -0.2) is 4.98 Å². The molecule has 3 N–H and O–H groups in total. The number of anilines is 1. The molecule has 16 heavy (non-hydrogen) atoms. The Labute approximate surface area is 94.2 Å². The third-order valence-electron chi connectivity index (χ3n) is 1.72. The zero-order chi connectivity index (χ0) is 12.0. The molecule has 88 valence electrons. The normalized spacial score (nSPS) is 10.4. The van der Waals surface area contributed by atoms with Gasteiger partial charge in [-0.15, -0.1) is 0 Å². The molecule has 6 nitrogen and oxygen atoms in total. The molecule has 0 spiro atoms. The Morgan fingerprint density at radius 2 is 2.31 bits per heavy atom. The second-order valence-electron chi connectivity index (χ2n) is 3.50. The van der Waals surface area contributed by atoms with Crippen LogP contribution in [0.15, 0.2) is 12.4 Å². The topological polar surface area (TPSA) is 90.1 Å². The van der Waals surface area contributed by atoms with Crippen molar-refractivity contribution in [3.8, 4) is 0 Å². The van der Waals surface area contributed by atoms with Crippen molar-refractivity contribution in [1.82, 2.24) is 15.3 Å². The van der Waals surface area contributed by atoms with E-state index in [-0.39, 0.29) is 23.5 Å². The number of hydrogen-bond donors (Lipinski definition) is 2. The fraction of sp³-hybridized carbons (Fsp3) is 0.500. The number of nitrogens with two attached hydrogens (primary N) is 1. The molecule has 0 atom stereocenters. The number of carbonyl (C=O) groups excluding carboxylic acids is 1. The third-order valence-corrected chi connectivity index (χ3v) is 1.72. The first-order chi connectivity index (χ1) is 7.59. The van der Waals surface area contributed by atoms with Crippen LogP contribution in [0.25, 0.3) is 0 Å². The standard InChI is InChI=1S/C10H16N4O2/c1-7(2)16-4-3-13-10(15)8-5-12-6-9(11)14-8/h5-7H,3-4H2,1-2H3,(H2,11,14)(H,13,15). The number of aromatic nitrogens is 2. The van der Waals surface area contributed by atoms with Crippen LogP contribution in [0.2, 0.25) is 0 Å². The molecule has 0 bridgehead atoms. The minimum absolute atomic E-state index is 0.157. The molecule has 0 aliphatic rings. The number of nitrogen functional groups attached to an aromatic ring is 1. The van der Waals surface area contributed by atoms with Gasteiger partial charge in [-0.05, 0) is 13.8 Å². The van der Waals surface area contributed by atoms with Crippen LogP contribution in [0.5, 0.6) is 0 Å². The van der Waals surface area contributed by atoms with Crippen molar-refractivity contribution < 1.29 is 9.53 Å². The molecular formula is C10H16N4O2. The van der Waals surface area contributed by atoms with Gasteiger partial charge in [0.2, 0.25) is 0 Å². The van der Waals surface area contributed by atoms with Crippen LogP contribution in [0.3, 0.4) is 0 Å². The Balaban J connectivity index is 2.35. The number of nitrogens with zero attached hydrogens (tertiary/aromatic N) is 2. The average Bonchev–Trinajstić information content (AvgIpc) is 2.24. The Kier molecular flexibility index (Phi) is 4.65. The molecule has 0 radical (unpaired) electrons. The van der Waals surface area contributed by atoms with Gasteiger partial charge in [-0.3, -0.25) is 9.78 Å². The fourth-order valence-corrected chi connectivity index (χ4v) is 1.04. The van der Waals surface area contributed by atoms with Crippen LogP contribution in [-0.2, 0) is 4.74 Å². The summed E-state index contributed by atoms with van der Waals surface area (Å²) in [7, 11) is 0. The largest absolute Gasteiger partial charge is 0.382 e. The monoisotopic (exact) mass is 224 g/mol. The molecule has 0 aromatic carbocycles. The van der Waals surface area contributed by atoms with Crippen molar-refractivity contribution >= 4 is 11.7 Å². The summed E-state index contributed by atoms with van der Waals surface area (Å²) < 4.78 is 5.28. The highest BCUT2D eigenvalue weighted by Gasteiger charge is 2.07. The number of nitrogens with one attached hydrogen (secondary N) is 1. The first-order valence-electron chi connectivity index (χ1n) is 5.07. The molecular weight excluding hydrogens is 208 g/mol. The lowest BCUT2D eigenvalue weighted by Crippen LogP contribution is -2.29. The molecule has 0 saturated carbocycles. The number of carbonyl (C=O) groups is 1. The maximum absolute atomic E-state index is 11.5. The molecule has 0 fully saturated rings. The third kappa shape index (κ3) is 4.22. The molecule has 0 aliphatic heterocycles. The molecule has 6 heteroatoms. The smallest absolute Gasteiger partial charge is 0.271 e. The molecule has 1 amide bonds. The zero-order valence-electron chi connectivity index (χ0n) is 9.43. The van der Waals surface area contributed by atoms with E-state index in [0.29, 0.717) is 13.2 Å². The Morgan fingerprint density at radius 1 is 1.56 bits per heavy atom. The van der Waals surface area contributed by atoms with Crippen molar-refractivity contribution in [3.63, 3.8) is 0 Å². The first-order valence-corrected chi connectivity index (χ1v) is 5.07. The van der Waals surface area contributed by atoms with E-state index >= 15 is 0 Å². The molecule has 1 rings (SSSR count). The van der Waals surface area contributed by atoms with E-state index < -0.39 is 0 Å². The van der Waals surface area contributed by atoms with E-state index in [1.54, 1.807) is 0 Å². The van der Waals surface area contributed by atoms with Crippen molar-refractivity contribution in [1.29, 1.82) is 0 Å². The van der Waals surface area contributed by atoms with Crippen molar-refractivity contribution in [2.24, 2.45) is 0 Å². The van der Waals surface area contributed by atoms with Crippen LogP contribution in [0, 0.1) is 0 Å². The zero-order valence-corrected chi connectivity index (χ0v) is 9.43.